The number of hydrogen-bond donors (Lipinski definition) is 3. The maximum atomic E-state index is 10.6. The molecule has 1 rings (SSSR count). The minimum absolute atomic E-state index is 0.234. The average molecular weight is 212 g/mol. The van der Waals surface area contributed by atoms with Gasteiger partial charge in [0.15, 0.2) is 11.5 Å². The highest BCUT2D eigenvalue weighted by Gasteiger charge is 2.18. The zero-order valence-electron chi connectivity index (χ0n) is 8.17. The molecule has 1 unspecified atom stereocenters. The van der Waals surface area contributed by atoms with E-state index in [0.717, 1.165) is 12.1 Å². The van der Waals surface area contributed by atoms with E-state index >= 15 is 0 Å². The average Bonchev–Trinajstić information content (AvgIpc) is 2.09. The summed E-state index contributed by atoms with van der Waals surface area (Å²) in [6.45, 7) is 1.70. The van der Waals surface area contributed by atoms with E-state index < -0.39 is 10.7 Å². The number of nitrogens with zero attached hydrogens (tertiary/aromatic N) is 1. The van der Waals surface area contributed by atoms with Gasteiger partial charge in [-0.3, -0.25) is 10.1 Å². The highest BCUT2D eigenvalue weighted by atomic mass is 16.6. The van der Waals surface area contributed by atoms with Crippen LogP contribution in [0.25, 0.3) is 0 Å². The Labute approximate surface area is 86.1 Å². The predicted octanol–water partition coefficient (Wildman–Crippen LogP) is 0.896. The number of phenols is 2. The lowest BCUT2D eigenvalue weighted by Crippen LogP contribution is -2.18. The zero-order chi connectivity index (χ0) is 11.6. The van der Waals surface area contributed by atoms with Gasteiger partial charge in [0.05, 0.1) is 11.0 Å². The first-order valence-electron chi connectivity index (χ1n) is 4.36. The molecular weight excluding hydrogens is 200 g/mol. The maximum absolute atomic E-state index is 10.6. The quantitative estimate of drug-likeness (QED) is 0.391. The molecule has 0 heterocycles. The van der Waals surface area contributed by atoms with E-state index in [2.05, 4.69) is 0 Å². The lowest BCUT2D eigenvalue weighted by atomic mass is 10.0. The van der Waals surface area contributed by atoms with Gasteiger partial charge in [0.2, 0.25) is 0 Å². The standard InChI is InChI=1S/C9H12N2O4/c1-5(10)2-6-3-8(12)9(13)4-7(6)11(14)15/h3-5,12-13H,2,10H2,1H3. The third-order valence-corrected chi connectivity index (χ3v) is 1.91. The predicted molar refractivity (Wildman–Crippen MR) is 53.8 cm³/mol. The number of nitrogens with two attached hydrogens (primary N) is 1. The zero-order valence-corrected chi connectivity index (χ0v) is 8.17. The van der Waals surface area contributed by atoms with Crippen LogP contribution in [0.4, 0.5) is 5.69 Å². The van der Waals surface area contributed by atoms with Crippen molar-refractivity contribution >= 4 is 5.69 Å². The molecule has 4 N–H and O–H groups in total. The Morgan fingerprint density at radius 1 is 1.47 bits per heavy atom. The summed E-state index contributed by atoms with van der Waals surface area (Å²) in [7, 11) is 0. The summed E-state index contributed by atoms with van der Waals surface area (Å²) in [6.07, 6.45) is 0.268. The fourth-order valence-electron chi connectivity index (χ4n) is 1.29. The molecule has 0 saturated heterocycles. The Morgan fingerprint density at radius 3 is 2.47 bits per heavy atom. The minimum Gasteiger partial charge on any atom is -0.504 e. The molecule has 1 atom stereocenters. The Balaban J connectivity index is 3.22. The van der Waals surface area contributed by atoms with Gasteiger partial charge in [0.1, 0.15) is 0 Å². The molecule has 0 aliphatic rings. The summed E-state index contributed by atoms with van der Waals surface area (Å²) in [4.78, 5) is 10.0. The molecule has 1 aromatic rings. The van der Waals surface area contributed by atoms with E-state index in [1.165, 1.54) is 0 Å². The molecule has 0 aliphatic carbocycles. The van der Waals surface area contributed by atoms with Gasteiger partial charge in [0.25, 0.3) is 5.69 Å². The molecule has 0 saturated carbocycles. The summed E-state index contributed by atoms with van der Waals surface area (Å²) in [5.74, 6) is -0.883. The molecule has 0 aromatic heterocycles. The molecule has 15 heavy (non-hydrogen) atoms. The van der Waals surface area contributed by atoms with Crippen LogP contribution in [-0.4, -0.2) is 21.2 Å². The van der Waals surface area contributed by atoms with E-state index in [-0.39, 0.29) is 23.9 Å². The Morgan fingerprint density at radius 2 is 2.00 bits per heavy atom. The monoisotopic (exact) mass is 212 g/mol. The van der Waals surface area contributed by atoms with Gasteiger partial charge in [-0.2, -0.15) is 0 Å². The van der Waals surface area contributed by atoms with Crippen molar-refractivity contribution in [1.82, 2.24) is 0 Å². The van der Waals surface area contributed by atoms with Crippen LogP contribution in [0.5, 0.6) is 11.5 Å². The number of hydrogen-bond acceptors (Lipinski definition) is 5. The van der Waals surface area contributed by atoms with Crippen molar-refractivity contribution in [1.29, 1.82) is 0 Å². The first-order chi connectivity index (χ1) is 6.91. The highest BCUT2D eigenvalue weighted by Crippen LogP contribution is 2.33. The van der Waals surface area contributed by atoms with Crippen molar-refractivity contribution < 1.29 is 15.1 Å². The highest BCUT2D eigenvalue weighted by molar-refractivity contribution is 5.53. The second-order valence-corrected chi connectivity index (χ2v) is 3.41. The van der Waals surface area contributed by atoms with Crippen molar-refractivity contribution in [2.75, 3.05) is 0 Å². The van der Waals surface area contributed by atoms with Crippen molar-refractivity contribution in [2.45, 2.75) is 19.4 Å². The largest absolute Gasteiger partial charge is 0.504 e. The molecule has 6 heteroatoms. The molecule has 0 spiro atoms. The Kier molecular flexibility index (Phi) is 3.11. The smallest absolute Gasteiger partial charge is 0.276 e. The maximum Gasteiger partial charge on any atom is 0.276 e. The molecule has 0 radical (unpaired) electrons. The molecular formula is C9H12N2O4. The Bertz CT molecular complexity index is 390. The number of aromatic hydroxyl groups is 2. The number of phenolic OH excluding ortho intramolecular Hbond substituents is 2. The number of nitro benzene ring substituents is 1. The van der Waals surface area contributed by atoms with E-state index in [1.807, 2.05) is 0 Å². The molecule has 0 fully saturated rings. The van der Waals surface area contributed by atoms with Gasteiger partial charge in [0, 0.05) is 11.6 Å². The topological polar surface area (TPSA) is 110 Å². The van der Waals surface area contributed by atoms with Gasteiger partial charge in [-0.1, -0.05) is 0 Å². The van der Waals surface area contributed by atoms with Crippen LogP contribution in [0.3, 0.4) is 0 Å². The lowest BCUT2D eigenvalue weighted by molar-refractivity contribution is -0.385. The van der Waals surface area contributed by atoms with Crippen molar-refractivity contribution in [3.05, 3.63) is 27.8 Å². The molecule has 82 valence electrons. The van der Waals surface area contributed by atoms with E-state index in [1.54, 1.807) is 6.92 Å². The third kappa shape index (κ3) is 2.57. The van der Waals surface area contributed by atoms with Gasteiger partial charge in [-0.15, -0.1) is 0 Å². The second kappa shape index (κ2) is 4.14. The summed E-state index contributed by atoms with van der Waals surface area (Å²) in [5.41, 5.74) is 5.59. The van der Waals surface area contributed by atoms with E-state index in [0.29, 0.717) is 5.56 Å². The fourth-order valence-corrected chi connectivity index (χ4v) is 1.29. The first-order valence-corrected chi connectivity index (χ1v) is 4.36. The lowest BCUT2D eigenvalue weighted by Gasteiger charge is -2.07. The van der Waals surface area contributed by atoms with E-state index in [4.69, 9.17) is 10.8 Å². The van der Waals surface area contributed by atoms with Crippen LogP contribution in [0.15, 0.2) is 12.1 Å². The van der Waals surface area contributed by atoms with Crippen LogP contribution in [-0.2, 0) is 6.42 Å². The van der Waals surface area contributed by atoms with Gasteiger partial charge in [-0.05, 0) is 19.4 Å². The number of nitro groups is 1. The SMILES string of the molecule is CC(N)Cc1cc(O)c(O)cc1[N+](=O)[O-]. The molecule has 0 aliphatic heterocycles. The van der Waals surface area contributed by atoms with Gasteiger partial charge in [-0.25, -0.2) is 0 Å². The van der Waals surface area contributed by atoms with Crippen LogP contribution in [0.1, 0.15) is 12.5 Å². The second-order valence-electron chi connectivity index (χ2n) is 3.41. The van der Waals surface area contributed by atoms with E-state index in [9.17, 15) is 15.2 Å². The van der Waals surface area contributed by atoms with Gasteiger partial charge < -0.3 is 15.9 Å². The molecule has 0 amide bonds. The summed E-state index contributed by atoms with van der Waals surface area (Å²) >= 11 is 0. The molecule has 0 bridgehead atoms. The molecule has 1 aromatic carbocycles. The normalized spacial score (nSPS) is 12.4. The van der Waals surface area contributed by atoms with Crippen LogP contribution in [0.2, 0.25) is 0 Å². The van der Waals surface area contributed by atoms with Crippen LogP contribution < -0.4 is 5.73 Å². The summed E-state index contributed by atoms with van der Waals surface area (Å²) < 4.78 is 0. The summed E-state index contributed by atoms with van der Waals surface area (Å²) in [6, 6.07) is 1.83. The van der Waals surface area contributed by atoms with Crippen molar-refractivity contribution in [3.63, 3.8) is 0 Å². The van der Waals surface area contributed by atoms with Gasteiger partial charge >= 0.3 is 0 Å². The fraction of sp³-hybridized carbons (Fsp3) is 0.333. The van der Waals surface area contributed by atoms with Crippen LogP contribution >= 0.6 is 0 Å². The minimum atomic E-state index is -0.614. The van der Waals surface area contributed by atoms with Crippen molar-refractivity contribution in [3.8, 4) is 11.5 Å². The number of benzene rings is 1. The molecule has 6 nitrogen and oxygen atoms in total. The number of rotatable bonds is 3. The summed E-state index contributed by atoms with van der Waals surface area (Å²) in [5, 5.41) is 29.0. The third-order valence-electron chi connectivity index (χ3n) is 1.91. The first kappa shape index (κ1) is 11.3. The van der Waals surface area contributed by atoms with Crippen LogP contribution in [0, 0.1) is 10.1 Å². The van der Waals surface area contributed by atoms with Crippen molar-refractivity contribution in [2.24, 2.45) is 5.73 Å². The Hall–Kier alpha value is -1.82.